The van der Waals surface area contributed by atoms with Crippen molar-refractivity contribution in [3.05, 3.63) is 0 Å². The lowest BCUT2D eigenvalue weighted by Gasteiger charge is -2.07. The molecule has 5 nitrogen and oxygen atoms in total. The number of nitrogens with zero attached hydrogens (tertiary/aromatic N) is 1. The Kier molecular flexibility index (Phi) is 7.93. The third kappa shape index (κ3) is 5.92. The highest BCUT2D eigenvalue weighted by atomic mass is 35.5. The molecule has 1 unspecified atom stereocenters. The number of hydrogen-bond donors (Lipinski definition) is 3. The highest BCUT2D eigenvalue weighted by Gasteiger charge is 2.10. The molecule has 0 aromatic rings. The lowest BCUT2D eigenvalue weighted by atomic mass is 10.1. The predicted molar refractivity (Wildman–Crippen MR) is 66.2 cm³/mol. The highest BCUT2D eigenvalue weighted by molar-refractivity contribution is 5.85. The summed E-state index contributed by atoms with van der Waals surface area (Å²) in [5.41, 5.74) is 5.38. The minimum Gasteiger partial charge on any atom is -0.480 e. The van der Waals surface area contributed by atoms with E-state index in [0.29, 0.717) is 6.42 Å². The first-order valence-electron chi connectivity index (χ1n) is 5.45. The zero-order chi connectivity index (χ0) is 11.1. The maximum Gasteiger partial charge on any atom is 0.320 e. The predicted octanol–water partition coefficient (Wildman–Crippen LogP) is 0.772. The van der Waals surface area contributed by atoms with Gasteiger partial charge in [0.05, 0.1) is 5.84 Å². The smallest absolute Gasteiger partial charge is 0.320 e. The molecule has 0 aromatic carbocycles. The summed E-state index contributed by atoms with van der Waals surface area (Å²) in [6.45, 7) is 1.80. The Labute approximate surface area is 102 Å². The quantitative estimate of drug-likeness (QED) is 0.607. The molecule has 6 heteroatoms. The summed E-state index contributed by atoms with van der Waals surface area (Å²) >= 11 is 0. The average molecular weight is 250 g/mol. The Morgan fingerprint density at radius 3 is 2.88 bits per heavy atom. The van der Waals surface area contributed by atoms with E-state index in [1.165, 1.54) is 0 Å². The number of nitrogens with one attached hydrogen (secondary N) is 1. The van der Waals surface area contributed by atoms with Crippen molar-refractivity contribution < 1.29 is 9.90 Å². The van der Waals surface area contributed by atoms with Crippen LogP contribution in [0.25, 0.3) is 0 Å². The largest absolute Gasteiger partial charge is 0.480 e. The summed E-state index contributed by atoms with van der Waals surface area (Å²) in [5, 5.41) is 11.8. The Balaban J connectivity index is 0.00000225. The highest BCUT2D eigenvalue weighted by Crippen LogP contribution is 2.02. The lowest BCUT2D eigenvalue weighted by Crippen LogP contribution is -2.30. The van der Waals surface area contributed by atoms with E-state index in [2.05, 4.69) is 10.3 Å². The Morgan fingerprint density at radius 2 is 2.31 bits per heavy atom. The van der Waals surface area contributed by atoms with Crippen molar-refractivity contribution in [2.24, 2.45) is 10.7 Å². The number of carbonyl (C=O) groups is 1. The van der Waals surface area contributed by atoms with Gasteiger partial charge in [-0.1, -0.05) is 0 Å². The van der Waals surface area contributed by atoms with Gasteiger partial charge in [0, 0.05) is 19.5 Å². The molecule has 0 aliphatic carbocycles. The number of aliphatic imine (C=N–C) groups is 1. The van der Waals surface area contributed by atoms with Gasteiger partial charge in [-0.15, -0.1) is 12.4 Å². The van der Waals surface area contributed by atoms with Gasteiger partial charge >= 0.3 is 5.97 Å². The maximum atomic E-state index is 10.4. The molecule has 1 aliphatic heterocycles. The Morgan fingerprint density at radius 1 is 1.56 bits per heavy atom. The first-order chi connectivity index (χ1) is 7.20. The standard InChI is InChI=1S/C10H19N3O2.ClH/c11-8(10(14)15)4-1-2-6-12-9-5-3-7-13-9;/h8H,1-7,11H2,(H,12,13)(H,14,15);1H. The van der Waals surface area contributed by atoms with Gasteiger partial charge in [0.25, 0.3) is 0 Å². The molecule has 0 saturated heterocycles. The van der Waals surface area contributed by atoms with Crippen LogP contribution in [0.5, 0.6) is 0 Å². The molecule has 1 atom stereocenters. The molecule has 0 fully saturated rings. The van der Waals surface area contributed by atoms with Crippen LogP contribution in [0.15, 0.2) is 4.99 Å². The molecule has 0 aromatic heterocycles. The first kappa shape index (κ1) is 15.2. The van der Waals surface area contributed by atoms with E-state index in [0.717, 1.165) is 44.6 Å². The number of unbranched alkanes of at least 4 members (excludes halogenated alkanes) is 1. The number of rotatable bonds is 6. The van der Waals surface area contributed by atoms with Gasteiger partial charge in [-0.3, -0.25) is 9.79 Å². The number of aliphatic carboxylic acids is 1. The van der Waals surface area contributed by atoms with Crippen LogP contribution in [0.1, 0.15) is 32.1 Å². The molecule has 0 amide bonds. The van der Waals surface area contributed by atoms with Gasteiger partial charge in [-0.2, -0.15) is 0 Å². The zero-order valence-electron chi connectivity index (χ0n) is 9.32. The summed E-state index contributed by atoms with van der Waals surface area (Å²) in [4.78, 5) is 14.7. The SMILES string of the molecule is Cl.NC(CCCCNC1=NCCC1)C(=O)O. The van der Waals surface area contributed by atoms with Crippen LogP contribution >= 0.6 is 12.4 Å². The van der Waals surface area contributed by atoms with Crippen molar-refractivity contribution in [2.75, 3.05) is 13.1 Å². The molecular weight excluding hydrogens is 230 g/mol. The molecule has 1 heterocycles. The van der Waals surface area contributed by atoms with E-state index in [1.54, 1.807) is 0 Å². The minimum atomic E-state index is -0.914. The van der Waals surface area contributed by atoms with E-state index < -0.39 is 12.0 Å². The molecule has 1 rings (SSSR count). The molecule has 16 heavy (non-hydrogen) atoms. The summed E-state index contributed by atoms with van der Waals surface area (Å²) in [7, 11) is 0. The van der Waals surface area contributed by atoms with Crippen molar-refractivity contribution in [2.45, 2.75) is 38.1 Å². The third-order valence-electron chi connectivity index (χ3n) is 2.46. The molecule has 94 valence electrons. The van der Waals surface area contributed by atoms with Crippen LogP contribution in [0.4, 0.5) is 0 Å². The Hall–Kier alpha value is -0.810. The van der Waals surface area contributed by atoms with Crippen LogP contribution in [-0.4, -0.2) is 36.0 Å². The van der Waals surface area contributed by atoms with Crippen LogP contribution < -0.4 is 11.1 Å². The summed E-state index contributed by atoms with van der Waals surface area (Å²) in [6.07, 6.45) is 4.53. The van der Waals surface area contributed by atoms with Crippen molar-refractivity contribution in [1.29, 1.82) is 0 Å². The van der Waals surface area contributed by atoms with E-state index >= 15 is 0 Å². The van der Waals surface area contributed by atoms with E-state index in [4.69, 9.17) is 10.8 Å². The maximum absolute atomic E-state index is 10.4. The minimum absolute atomic E-state index is 0. The fourth-order valence-electron chi connectivity index (χ4n) is 1.53. The first-order valence-corrected chi connectivity index (χ1v) is 5.45. The molecule has 0 radical (unpaired) electrons. The average Bonchev–Trinajstić information content (AvgIpc) is 2.69. The number of halogens is 1. The molecule has 1 aliphatic rings. The van der Waals surface area contributed by atoms with Gasteiger partial charge in [-0.05, 0) is 25.7 Å². The number of carboxylic acid groups (broad SMARTS) is 1. The molecule has 0 saturated carbocycles. The molecule has 0 bridgehead atoms. The van der Waals surface area contributed by atoms with E-state index in [1.807, 2.05) is 0 Å². The zero-order valence-corrected chi connectivity index (χ0v) is 10.1. The summed E-state index contributed by atoms with van der Waals surface area (Å²) in [6, 6.07) is -0.714. The second kappa shape index (κ2) is 8.35. The van der Waals surface area contributed by atoms with Gasteiger partial charge in [0.1, 0.15) is 6.04 Å². The number of nitrogens with two attached hydrogens (primary N) is 1. The Bertz CT molecular complexity index is 246. The van der Waals surface area contributed by atoms with E-state index in [-0.39, 0.29) is 12.4 Å². The van der Waals surface area contributed by atoms with Gasteiger partial charge < -0.3 is 16.2 Å². The number of carboxylic acids is 1. The lowest BCUT2D eigenvalue weighted by molar-refractivity contribution is -0.138. The van der Waals surface area contributed by atoms with Crippen LogP contribution in [0, 0.1) is 0 Å². The molecular formula is C10H20ClN3O2. The fraction of sp³-hybridized carbons (Fsp3) is 0.800. The third-order valence-corrected chi connectivity index (χ3v) is 2.46. The second-order valence-electron chi connectivity index (χ2n) is 3.80. The van der Waals surface area contributed by atoms with Crippen molar-refractivity contribution in [1.82, 2.24) is 5.32 Å². The number of hydrogen-bond acceptors (Lipinski definition) is 4. The van der Waals surface area contributed by atoms with Gasteiger partial charge in [0.15, 0.2) is 0 Å². The van der Waals surface area contributed by atoms with Gasteiger partial charge in [0.2, 0.25) is 0 Å². The van der Waals surface area contributed by atoms with Crippen LogP contribution in [0.2, 0.25) is 0 Å². The molecule has 4 N–H and O–H groups in total. The molecule has 0 spiro atoms. The number of amidine groups is 1. The van der Waals surface area contributed by atoms with Crippen molar-refractivity contribution in [3.8, 4) is 0 Å². The van der Waals surface area contributed by atoms with Crippen LogP contribution in [0.3, 0.4) is 0 Å². The van der Waals surface area contributed by atoms with Crippen molar-refractivity contribution >= 4 is 24.2 Å². The topological polar surface area (TPSA) is 87.7 Å². The second-order valence-corrected chi connectivity index (χ2v) is 3.80. The van der Waals surface area contributed by atoms with Gasteiger partial charge in [-0.25, -0.2) is 0 Å². The van der Waals surface area contributed by atoms with E-state index in [9.17, 15) is 4.79 Å². The van der Waals surface area contributed by atoms with Crippen molar-refractivity contribution in [3.63, 3.8) is 0 Å². The monoisotopic (exact) mass is 249 g/mol. The van der Waals surface area contributed by atoms with Crippen LogP contribution in [-0.2, 0) is 4.79 Å². The summed E-state index contributed by atoms with van der Waals surface area (Å²) < 4.78 is 0. The fourth-order valence-corrected chi connectivity index (χ4v) is 1.53. The normalized spacial score (nSPS) is 16.2. The summed E-state index contributed by atoms with van der Waals surface area (Å²) in [5.74, 6) is 0.181.